The Morgan fingerprint density at radius 3 is 2.75 bits per heavy atom. The van der Waals surface area contributed by atoms with Gasteiger partial charge in [0.1, 0.15) is 5.82 Å². The summed E-state index contributed by atoms with van der Waals surface area (Å²) in [6, 6.07) is 10.2. The molecule has 2 aromatic rings. The van der Waals surface area contributed by atoms with Crippen molar-refractivity contribution in [1.82, 2.24) is 10.2 Å². The molecule has 1 aromatic heterocycles. The molecule has 3 N–H and O–H groups in total. The van der Waals surface area contributed by atoms with Crippen molar-refractivity contribution in [2.24, 2.45) is 0 Å². The maximum absolute atomic E-state index is 5.56. The van der Waals surface area contributed by atoms with Crippen LogP contribution in [0.5, 0.6) is 0 Å². The molecule has 0 saturated heterocycles. The van der Waals surface area contributed by atoms with E-state index in [0.717, 1.165) is 12.2 Å². The van der Waals surface area contributed by atoms with Crippen LogP contribution in [0.2, 0.25) is 0 Å². The summed E-state index contributed by atoms with van der Waals surface area (Å²) in [5.41, 5.74) is 9.06. The third-order valence-corrected chi connectivity index (χ3v) is 2.58. The van der Waals surface area contributed by atoms with E-state index in [1.807, 2.05) is 18.2 Å². The summed E-state index contributed by atoms with van der Waals surface area (Å²) in [6.45, 7) is 2.88. The lowest BCUT2D eigenvalue weighted by molar-refractivity contribution is 0.866. The fraction of sp³-hybridized carbons (Fsp3) is 0.250. The fourth-order valence-electron chi connectivity index (χ4n) is 1.79. The average Bonchev–Trinajstić information content (AvgIpc) is 2.64. The zero-order valence-electron chi connectivity index (χ0n) is 9.57. The van der Waals surface area contributed by atoms with Crippen molar-refractivity contribution < 1.29 is 0 Å². The molecule has 0 saturated carbocycles. The summed E-state index contributed by atoms with van der Waals surface area (Å²) < 4.78 is 0. The van der Waals surface area contributed by atoms with E-state index in [1.54, 1.807) is 0 Å². The van der Waals surface area contributed by atoms with Crippen molar-refractivity contribution in [2.45, 2.75) is 13.5 Å². The number of nitrogen functional groups attached to an aromatic ring is 1. The molecule has 4 heteroatoms. The first-order valence-electron chi connectivity index (χ1n) is 5.23. The number of aromatic nitrogens is 2. The largest absolute Gasteiger partial charge is 0.382 e. The van der Waals surface area contributed by atoms with Gasteiger partial charge >= 0.3 is 0 Å². The van der Waals surface area contributed by atoms with Crippen LogP contribution >= 0.6 is 0 Å². The van der Waals surface area contributed by atoms with Crippen molar-refractivity contribution in [1.29, 1.82) is 0 Å². The second kappa shape index (κ2) is 4.26. The summed E-state index contributed by atoms with van der Waals surface area (Å²) in [7, 11) is 2.05. The highest BCUT2D eigenvalue weighted by Gasteiger charge is 2.06. The Hall–Kier alpha value is -1.97. The molecule has 0 aliphatic rings. The van der Waals surface area contributed by atoms with Crippen molar-refractivity contribution in [3.05, 3.63) is 41.6 Å². The molecule has 0 spiro atoms. The second-order valence-corrected chi connectivity index (χ2v) is 3.96. The van der Waals surface area contributed by atoms with Crippen LogP contribution in [-0.2, 0) is 6.54 Å². The maximum atomic E-state index is 5.56. The highest BCUT2D eigenvalue weighted by atomic mass is 15.2. The number of benzene rings is 1. The Morgan fingerprint density at radius 2 is 2.12 bits per heavy atom. The monoisotopic (exact) mass is 216 g/mol. The van der Waals surface area contributed by atoms with Gasteiger partial charge in [-0.2, -0.15) is 5.10 Å². The molecule has 0 aliphatic carbocycles. The summed E-state index contributed by atoms with van der Waals surface area (Å²) in [5.74, 6) is 0.535. The van der Waals surface area contributed by atoms with Crippen LogP contribution in [-0.4, -0.2) is 17.2 Å². The van der Waals surface area contributed by atoms with Crippen molar-refractivity contribution in [2.75, 3.05) is 17.7 Å². The normalized spacial score (nSPS) is 10.4. The first kappa shape index (κ1) is 10.5. The number of anilines is 2. The van der Waals surface area contributed by atoms with Gasteiger partial charge in [0.2, 0.25) is 0 Å². The van der Waals surface area contributed by atoms with Crippen molar-refractivity contribution in [3.63, 3.8) is 0 Å². The van der Waals surface area contributed by atoms with E-state index in [0.29, 0.717) is 5.82 Å². The second-order valence-electron chi connectivity index (χ2n) is 3.96. The van der Waals surface area contributed by atoms with Gasteiger partial charge in [0.25, 0.3) is 0 Å². The molecule has 2 rings (SSSR count). The molecule has 0 radical (unpaired) electrons. The number of nitrogens with one attached hydrogen (secondary N) is 1. The average molecular weight is 216 g/mol. The molecule has 0 unspecified atom stereocenters. The van der Waals surface area contributed by atoms with E-state index in [4.69, 9.17) is 5.73 Å². The summed E-state index contributed by atoms with van der Waals surface area (Å²) in [6.07, 6.45) is 0. The molecule has 0 atom stereocenters. The van der Waals surface area contributed by atoms with Crippen LogP contribution in [0.25, 0.3) is 0 Å². The predicted molar refractivity (Wildman–Crippen MR) is 66.3 cm³/mol. The van der Waals surface area contributed by atoms with E-state index in [1.165, 1.54) is 11.3 Å². The SMILES string of the molecule is Cc1ccccc1N(C)Cc1cc(N)n[nH]1. The Morgan fingerprint density at radius 1 is 1.38 bits per heavy atom. The number of hydrogen-bond acceptors (Lipinski definition) is 3. The van der Waals surface area contributed by atoms with Crippen LogP contribution in [0.15, 0.2) is 30.3 Å². The standard InChI is InChI=1S/C12H16N4/c1-9-5-3-4-6-11(9)16(2)8-10-7-12(13)15-14-10/h3-7H,8H2,1-2H3,(H3,13,14,15). The number of rotatable bonds is 3. The molecular weight excluding hydrogens is 200 g/mol. The third kappa shape index (κ3) is 2.16. The number of aromatic amines is 1. The first-order valence-corrected chi connectivity index (χ1v) is 5.23. The highest BCUT2D eigenvalue weighted by Crippen LogP contribution is 2.19. The number of hydrogen-bond donors (Lipinski definition) is 2. The first-order chi connectivity index (χ1) is 7.66. The smallest absolute Gasteiger partial charge is 0.145 e. The molecule has 0 amide bonds. The highest BCUT2D eigenvalue weighted by molar-refractivity contribution is 5.52. The van der Waals surface area contributed by atoms with Crippen LogP contribution in [0.1, 0.15) is 11.3 Å². The van der Waals surface area contributed by atoms with Gasteiger partial charge in [-0.25, -0.2) is 0 Å². The molecule has 0 fully saturated rings. The van der Waals surface area contributed by atoms with Gasteiger partial charge in [-0.15, -0.1) is 0 Å². The zero-order chi connectivity index (χ0) is 11.5. The number of nitrogens with two attached hydrogens (primary N) is 1. The molecule has 16 heavy (non-hydrogen) atoms. The molecule has 84 valence electrons. The fourth-order valence-corrected chi connectivity index (χ4v) is 1.79. The quantitative estimate of drug-likeness (QED) is 0.824. The van der Waals surface area contributed by atoms with E-state index in [9.17, 15) is 0 Å². The summed E-state index contributed by atoms with van der Waals surface area (Å²) >= 11 is 0. The van der Waals surface area contributed by atoms with Crippen LogP contribution in [0, 0.1) is 6.92 Å². The van der Waals surface area contributed by atoms with E-state index in [2.05, 4.69) is 41.2 Å². The molecule has 0 aliphatic heterocycles. The Kier molecular flexibility index (Phi) is 2.81. The lowest BCUT2D eigenvalue weighted by Gasteiger charge is -2.20. The number of aryl methyl sites for hydroxylation is 1. The Bertz CT molecular complexity index is 475. The Labute approximate surface area is 95.1 Å². The van der Waals surface area contributed by atoms with E-state index in [-0.39, 0.29) is 0 Å². The van der Waals surface area contributed by atoms with Gasteiger partial charge in [-0.05, 0) is 18.6 Å². The minimum Gasteiger partial charge on any atom is -0.382 e. The summed E-state index contributed by atoms with van der Waals surface area (Å²) in [5, 5.41) is 6.82. The van der Waals surface area contributed by atoms with E-state index >= 15 is 0 Å². The van der Waals surface area contributed by atoms with Gasteiger partial charge in [0.15, 0.2) is 0 Å². The van der Waals surface area contributed by atoms with E-state index < -0.39 is 0 Å². The number of H-pyrrole nitrogens is 1. The number of para-hydroxylation sites is 1. The predicted octanol–water partition coefficient (Wildman–Crippen LogP) is 1.94. The maximum Gasteiger partial charge on any atom is 0.145 e. The van der Waals surface area contributed by atoms with Gasteiger partial charge in [0.05, 0.1) is 12.2 Å². The number of nitrogens with zero attached hydrogens (tertiary/aromatic N) is 2. The van der Waals surface area contributed by atoms with Gasteiger partial charge in [-0.1, -0.05) is 18.2 Å². The molecule has 0 bridgehead atoms. The minimum atomic E-state index is 0.535. The lowest BCUT2D eigenvalue weighted by atomic mass is 10.2. The minimum absolute atomic E-state index is 0.535. The van der Waals surface area contributed by atoms with Gasteiger partial charge in [0, 0.05) is 18.8 Å². The van der Waals surface area contributed by atoms with Gasteiger partial charge < -0.3 is 10.6 Å². The molecule has 4 nitrogen and oxygen atoms in total. The zero-order valence-corrected chi connectivity index (χ0v) is 9.57. The molecular formula is C12H16N4. The van der Waals surface area contributed by atoms with Gasteiger partial charge in [-0.3, -0.25) is 5.10 Å². The topological polar surface area (TPSA) is 57.9 Å². The Balaban J connectivity index is 2.14. The molecule has 1 heterocycles. The van der Waals surface area contributed by atoms with Crippen LogP contribution < -0.4 is 10.6 Å². The van der Waals surface area contributed by atoms with Crippen molar-refractivity contribution >= 4 is 11.5 Å². The lowest BCUT2D eigenvalue weighted by Crippen LogP contribution is -2.17. The van der Waals surface area contributed by atoms with Crippen LogP contribution in [0.4, 0.5) is 11.5 Å². The summed E-state index contributed by atoms with van der Waals surface area (Å²) in [4.78, 5) is 2.17. The van der Waals surface area contributed by atoms with Crippen LogP contribution in [0.3, 0.4) is 0 Å². The third-order valence-electron chi connectivity index (χ3n) is 2.58. The molecule has 1 aromatic carbocycles. The van der Waals surface area contributed by atoms with Crippen molar-refractivity contribution in [3.8, 4) is 0 Å².